The van der Waals surface area contributed by atoms with Gasteiger partial charge in [-0.3, -0.25) is 5.43 Å². The Balaban J connectivity index is 1.38. The van der Waals surface area contributed by atoms with E-state index in [1.807, 2.05) is 0 Å². The van der Waals surface area contributed by atoms with Gasteiger partial charge in [0.25, 0.3) is 0 Å². The lowest BCUT2D eigenvalue weighted by molar-refractivity contribution is -0.996. The number of nitrogens with zero attached hydrogens (tertiary/aromatic N) is 1. The topological polar surface area (TPSA) is 140 Å². The summed E-state index contributed by atoms with van der Waals surface area (Å²) in [5, 5.41) is 54.3. The third-order valence-corrected chi connectivity index (χ3v) is 9.63. The number of nitrogens with one attached hydrogen (secondary N) is 3. The Morgan fingerprint density at radius 3 is 2.50 bits per heavy atom. The predicted molar refractivity (Wildman–Crippen MR) is 127 cm³/mol. The molecule has 0 spiro atoms. The van der Waals surface area contributed by atoms with Crippen LogP contribution in [0.3, 0.4) is 0 Å². The van der Waals surface area contributed by atoms with Crippen LogP contribution in [-0.4, -0.2) is 27.3 Å². The van der Waals surface area contributed by atoms with E-state index in [1.54, 1.807) is 0 Å². The summed E-state index contributed by atoms with van der Waals surface area (Å²) in [6.45, 7) is 4.74. The number of aliphatic hydroxyl groups excluding tert-OH is 1. The van der Waals surface area contributed by atoms with Gasteiger partial charge in [-0.2, -0.15) is 15.6 Å². The number of benzene rings is 1. The predicted octanol–water partition coefficient (Wildman–Crippen LogP) is 2.58. The van der Waals surface area contributed by atoms with Crippen molar-refractivity contribution in [1.82, 2.24) is 0 Å². The van der Waals surface area contributed by atoms with Crippen LogP contribution in [0, 0.1) is 39.0 Å². The Morgan fingerprint density at radius 1 is 1.03 bits per heavy atom. The SMILES string of the molecule is CC12CCC(O)CC1=CCC1C2CCC2(C)C(=NNc3ccc([NH+]([O-])O)cc3[NH+]([O-])O)CCC12. The summed E-state index contributed by atoms with van der Waals surface area (Å²) >= 11 is 0. The molecule has 9 heteroatoms. The number of aliphatic hydroxyl groups is 1. The van der Waals surface area contributed by atoms with Gasteiger partial charge in [0.1, 0.15) is 5.69 Å². The molecule has 8 atom stereocenters. The lowest BCUT2D eigenvalue weighted by Crippen LogP contribution is -3.00. The summed E-state index contributed by atoms with van der Waals surface area (Å²) in [4.78, 5) is 0. The minimum atomic E-state index is -1.18. The van der Waals surface area contributed by atoms with E-state index in [0.717, 1.165) is 57.1 Å². The average molecular weight is 473 g/mol. The zero-order valence-corrected chi connectivity index (χ0v) is 19.9. The fourth-order valence-corrected chi connectivity index (χ4v) is 7.69. The molecular formula is C25H36N4O5. The van der Waals surface area contributed by atoms with Gasteiger partial charge >= 0.3 is 0 Å². The van der Waals surface area contributed by atoms with E-state index in [-0.39, 0.29) is 28.3 Å². The first-order valence-electron chi connectivity index (χ1n) is 12.4. The number of fused-ring (bicyclic) bond motifs is 5. The second-order valence-corrected chi connectivity index (χ2v) is 11.2. The molecule has 0 aromatic heterocycles. The Labute approximate surface area is 199 Å². The zero-order valence-electron chi connectivity index (χ0n) is 19.9. The molecule has 3 fully saturated rings. The Hall–Kier alpha value is -1.85. The first kappa shape index (κ1) is 23.9. The summed E-state index contributed by atoms with van der Waals surface area (Å²) in [6.07, 6.45) is 10.3. The normalized spacial score (nSPS) is 40.1. The second-order valence-electron chi connectivity index (χ2n) is 11.2. The van der Waals surface area contributed by atoms with E-state index in [1.165, 1.54) is 23.8 Å². The van der Waals surface area contributed by atoms with Crippen LogP contribution in [-0.2, 0) is 0 Å². The Bertz CT molecular complexity index is 1010. The molecule has 1 aromatic carbocycles. The van der Waals surface area contributed by atoms with Crippen LogP contribution in [0.1, 0.15) is 65.2 Å². The molecule has 34 heavy (non-hydrogen) atoms. The summed E-state index contributed by atoms with van der Waals surface area (Å²) in [6, 6.07) is 4.05. The molecule has 0 aliphatic heterocycles. The first-order valence-corrected chi connectivity index (χ1v) is 12.4. The van der Waals surface area contributed by atoms with Crippen molar-refractivity contribution in [3.8, 4) is 0 Å². The van der Waals surface area contributed by atoms with E-state index in [9.17, 15) is 25.9 Å². The molecule has 0 radical (unpaired) electrons. The summed E-state index contributed by atoms with van der Waals surface area (Å²) in [5.41, 5.74) is 5.86. The van der Waals surface area contributed by atoms with E-state index in [2.05, 4.69) is 25.3 Å². The highest BCUT2D eigenvalue weighted by atomic mass is 16.8. The average Bonchev–Trinajstić information content (AvgIpc) is 3.14. The van der Waals surface area contributed by atoms with E-state index in [0.29, 0.717) is 23.4 Å². The maximum absolute atomic E-state index is 11.7. The monoisotopic (exact) mass is 472 g/mol. The van der Waals surface area contributed by atoms with Crippen molar-refractivity contribution in [3.05, 3.63) is 40.3 Å². The molecule has 9 nitrogen and oxygen atoms in total. The molecule has 186 valence electrons. The molecule has 8 unspecified atom stereocenters. The molecule has 0 saturated heterocycles. The van der Waals surface area contributed by atoms with E-state index < -0.39 is 10.5 Å². The maximum Gasteiger partial charge on any atom is 0.195 e. The van der Waals surface area contributed by atoms with Crippen LogP contribution in [0.5, 0.6) is 0 Å². The molecule has 4 aliphatic rings. The minimum Gasteiger partial charge on any atom is -0.595 e. The fraction of sp³-hybridized carbons (Fsp3) is 0.640. The molecule has 6 N–H and O–H groups in total. The Morgan fingerprint density at radius 2 is 1.76 bits per heavy atom. The third kappa shape index (κ3) is 3.80. The molecule has 4 aliphatic carbocycles. The van der Waals surface area contributed by atoms with Crippen LogP contribution in [0.15, 0.2) is 34.9 Å². The van der Waals surface area contributed by atoms with Gasteiger partial charge in [0.15, 0.2) is 11.4 Å². The number of rotatable bonds is 4. The molecule has 0 heterocycles. The standard InChI is InChI=1S/C25H36N4O5/c1-24-11-9-17(30)13-15(24)3-5-18-19-6-8-23(25(19,2)12-10-20(18)24)27-26-21-7-4-16(28(31)32)14-22(21)29(33)34/h3-4,7,14,17-20,26,28-31,33H,5-6,8-13H2,1-2H3. The van der Waals surface area contributed by atoms with Gasteiger partial charge in [-0.25, -0.2) is 10.4 Å². The summed E-state index contributed by atoms with van der Waals surface area (Å²) < 4.78 is 0. The highest BCUT2D eigenvalue weighted by Gasteiger charge is 2.57. The number of hydrogen-bond acceptors (Lipinski definition) is 7. The number of hydrogen-bond donors (Lipinski definition) is 6. The van der Waals surface area contributed by atoms with Crippen molar-refractivity contribution in [2.75, 3.05) is 5.43 Å². The fourth-order valence-electron chi connectivity index (χ4n) is 7.69. The minimum absolute atomic E-state index is 0.0194. The second kappa shape index (κ2) is 8.67. The van der Waals surface area contributed by atoms with Crippen molar-refractivity contribution in [1.29, 1.82) is 0 Å². The van der Waals surface area contributed by atoms with Crippen LogP contribution in [0.25, 0.3) is 0 Å². The molecule has 0 amide bonds. The largest absolute Gasteiger partial charge is 0.595 e. The lowest BCUT2D eigenvalue weighted by atomic mass is 9.48. The van der Waals surface area contributed by atoms with Gasteiger partial charge in [0.05, 0.1) is 12.2 Å². The smallest absolute Gasteiger partial charge is 0.195 e. The van der Waals surface area contributed by atoms with Crippen molar-refractivity contribution in [3.63, 3.8) is 0 Å². The number of allylic oxidation sites excluding steroid dienone is 1. The maximum atomic E-state index is 11.7. The van der Waals surface area contributed by atoms with Gasteiger partial charge in [-0.1, -0.05) is 25.5 Å². The molecule has 0 bridgehead atoms. The van der Waals surface area contributed by atoms with E-state index >= 15 is 0 Å². The van der Waals surface area contributed by atoms with Crippen molar-refractivity contribution < 1.29 is 26.0 Å². The first-order chi connectivity index (χ1) is 16.1. The van der Waals surface area contributed by atoms with E-state index in [4.69, 9.17) is 5.10 Å². The molecule has 1 aromatic rings. The van der Waals surface area contributed by atoms with Gasteiger partial charge in [0, 0.05) is 17.2 Å². The van der Waals surface area contributed by atoms with Gasteiger partial charge in [-0.05, 0) is 80.6 Å². The molecule has 5 rings (SSSR count). The quantitative estimate of drug-likeness (QED) is 0.294. The third-order valence-electron chi connectivity index (χ3n) is 9.63. The van der Waals surface area contributed by atoms with Gasteiger partial charge in [-0.15, -0.1) is 0 Å². The van der Waals surface area contributed by atoms with Crippen LogP contribution in [0.2, 0.25) is 0 Å². The highest BCUT2D eigenvalue weighted by Crippen LogP contribution is 2.64. The van der Waals surface area contributed by atoms with Gasteiger partial charge < -0.3 is 15.5 Å². The van der Waals surface area contributed by atoms with Crippen molar-refractivity contribution >= 4 is 22.8 Å². The lowest BCUT2D eigenvalue weighted by Gasteiger charge is -2.57. The Kier molecular flexibility index (Phi) is 6.09. The molecule has 3 saturated carbocycles. The number of anilines is 1. The van der Waals surface area contributed by atoms with Gasteiger partial charge in [0.2, 0.25) is 0 Å². The van der Waals surface area contributed by atoms with Crippen molar-refractivity contribution in [2.24, 2.45) is 33.7 Å². The zero-order chi connectivity index (χ0) is 24.3. The highest BCUT2D eigenvalue weighted by molar-refractivity contribution is 5.93. The van der Waals surface area contributed by atoms with Crippen LogP contribution in [0.4, 0.5) is 17.1 Å². The molecular weight excluding hydrogens is 436 g/mol. The number of quaternary nitrogens is 2. The summed E-state index contributed by atoms with van der Waals surface area (Å²) in [7, 11) is 0. The summed E-state index contributed by atoms with van der Waals surface area (Å²) in [5.74, 6) is 1.80. The van der Waals surface area contributed by atoms with Crippen molar-refractivity contribution in [2.45, 2.75) is 71.3 Å². The van der Waals surface area contributed by atoms with Crippen LogP contribution < -0.4 is 15.9 Å². The number of hydrazone groups is 1. The van der Waals surface area contributed by atoms with Crippen LogP contribution >= 0.6 is 0 Å².